The minimum Gasteiger partial charge on any atom is -0.493 e. The van der Waals surface area contributed by atoms with Crippen molar-refractivity contribution in [2.45, 2.75) is 33.0 Å². The van der Waals surface area contributed by atoms with Crippen molar-refractivity contribution in [2.24, 2.45) is 0 Å². The molecule has 1 aromatic heterocycles. The average Bonchev–Trinajstić information content (AvgIpc) is 2.93. The standard InChI is InChI=1S/C15H20N2O3/c1-11(2)20-14-5-4-12(8-15(14)18-3)9-16-10-13-6-7-19-17-13/h4-8,11,16H,9-10H2,1-3H3. The van der Waals surface area contributed by atoms with Crippen LogP contribution in [0.25, 0.3) is 0 Å². The molecule has 1 aromatic carbocycles. The summed E-state index contributed by atoms with van der Waals surface area (Å²) in [5.41, 5.74) is 2.01. The predicted molar refractivity (Wildman–Crippen MR) is 75.8 cm³/mol. The van der Waals surface area contributed by atoms with Gasteiger partial charge in [0, 0.05) is 19.2 Å². The molecule has 0 saturated heterocycles. The molecule has 20 heavy (non-hydrogen) atoms. The second kappa shape index (κ2) is 6.96. The Hall–Kier alpha value is -2.01. The van der Waals surface area contributed by atoms with Gasteiger partial charge in [-0.05, 0) is 31.5 Å². The van der Waals surface area contributed by atoms with Crippen LogP contribution in [0.1, 0.15) is 25.1 Å². The van der Waals surface area contributed by atoms with Crippen LogP contribution in [-0.4, -0.2) is 18.4 Å². The van der Waals surface area contributed by atoms with Crippen molar-refractivity contribution in [3.63, 3.8) is 0 Å². The van der Waals surface area contributed by atoms with Gasteiger partial charge in [0.15, 0.2) is 11.5 Å². The molecule has 5 heteroatoms. The molecule has 0 aliphatic rings. The van der Waals surface area contributed by atoms with Crippen molar-refractivity contribution in [3.8, 4) is 11.5 Å². The van der Waals surface area contributed by atoms with E-state index in [-0.39, 0.29) is 6.10 Å². The van der Waals surface area contributed by atoms with Gasteiger partial charge in [0.05, 0.1) is 18.9 Å². The smallest absolute Gasteiger partial charge is 0.161 e. The molecule has 108 valence electrons. The molecule has 2 aromatic rings. The van der Waals surface area contributed by atoms with E-state index in [1.807, 2.05) is 38.1 Å². The Kier molecular flexibility index (Phi) is 5.01. The second-order valence-corrected chi connectivity index (χ2v) is 4.75. The highest BCUT2D eigenvalue weighted by Crippen LogP contribution is 2.28. The molecule has 0 spiro atoms. The van der Waals surface area contributed by atoms with Gasteiger partial charge in [-0.15, -0.1) is 0 Å². The molecular formula is C15H20N2O3. The lowest BCUT2D eigenvalue weighted by Gasteiger charge is -2.14. The quantitative estimate of drug-likeness (QED) is 0.842. The number of methoxy groups -OCH3 is 1. The van der Waals surface area contributed by atoms with Gasteiger partial charge in [-0.1, -0.05) is 11.2 Å². The lowest BCUT2D eigenvalue weighted by atomic mass is 10.2. The number of ether oxygens (including phenoxy) is 2. The van der Waals surface area contributed by atoms with Gasteiger partial charge < -0.3 is 19.3 Å². The maximum absolute atomic E-state index is 5.69. The SMILES string of the molecule is COc1cc(CNCc2ccon2)ccc1OC(C)C. The fourth-order valence-corrected chi connectivity index (χ4v) is 1.84. The third-order valence-electron chi connectivity index (χ3n) is 2.72. The summed E-state index contributed by atoms with van der Waals surface area (Å²) in [5.74, 6) is 1.52. The van der Waals surface area contributed by atoms with Gasteiger partial charge in [-0.2, -0.15) is 0 Å². The van der Waals surface area contributed by atoms with Crippen LogP contribution in [0.15, 0.2) is 35.1 Å². The van der Waals surface area contributed by atoms with Gasteiger partial charge in [0.25, 0.3) is 0 Å². The monoisotopic (exact) mass is 276 g/mol. The average molecular weight is 276 g/mol. The van der Waals surface area contributed by atoms with Gasteiger partial charge in [-0.25, -0.2) is 0 Å². The molecule has 2 rings (SSSR count). The van der Waals surface area contributed by atoms with Crippen LogP contribution in [0, 0.1) is 0 Å². The number of nitrogens with zero attached hydrogens (tertiary/aromatic N) is 1. The van der Waals surface area contributed by atoms with Crippen molar-refractivity contribution in [2.75, 3.05) is 7.11 Å². The first-order chi connectivity index (χ1) is 9.69. The first-order valence-corrected chi connectivity index (χ1v) is 6.62. The summed E-state index contributed by atoms with van der Waals surface area (Å²) in [5, 5.41) is 7.14. The number of aromatic nitrogens is 1. The van der Waals surface area contributed by atoms with E-state index in [0.717, 1.165) is 29.3 Å². The molecule has 0 unspecified atom stereocenters. The van der Waals surface area contributed by atoms with Crippen LogP contribution in [0.3, 0.4) is 0 Å². The van der Waals surface area contributed by atoms with Crippen molar-refractivity contribution < 1.29 is 14.0 Å². The topological polar surface area (TPSA) is 56.5 Å². The van der Waals surface area contributed by atoms with E-state index in [4.69, 9.17) is 14.0 Å². The van der Waals surface area contributed by atoms with Crippen LogP contribution in [-0.2, 0) is 13.1 Å². The molecule has 1 heterocycles. The number of hydrogen-bond acceptors (Lipinski definition) is 5. The normalized spacial score (nSPS) is 10.8. The summed E-state index contributed by atoms with van der Waals surface area (Å²) in [7, 11) is 1.65. The second-order valence-electron chi connectivity index (χ2n) is 4.75. The molecule has 0 radical (unpaired) electrons. The Morgan fingerprint density at radius 3 is 2.70 bits per heavy atom. The van der Waals surface area contributed by atoms with Crippen LogP contribution in [0.4, 0.5) is 0 Å². The molecule has 0 aliphatic carbocycles. The zero-order valence-corrected chi connectivity index (χ0v) is 12.1. The van der Waals surface area contributed by atoms with Crippen LogP contribution >= 0.6 is 0 Å². The maximum atomic E-state index is 5.69. The summed E-state index contributed by atoms with van der Waals surface area (Å²) in [6.07, 6.45) is 1.69. The van der Waals surface area contributed by atoms with E-state index >= 15 is 0 Å². The number of rotatable bonds is 7. The van der Waals surface area contributed by atoms with Crippen molar-refractivity contribution in [1.82, 2.24) is 10.5 Å². The maximum Gasteiger partial charge on any atom is 0.161 e. The molecule has 0 saturated carbocycles. The lowest BCUT2D eigenvalue weighted by Crippen LogP contribution is -2.13. The van der Waals surface area contributed by atoms with Crippen molar-refractivity contribution in [1.29, 1.82) is 0 Å². The Labute approximate surface area is 118 Å². The number of hydrogen-bond donors (Lipinski definition) is 1. The third kappa shape index (κ3) is 3.99. The van der Waals surface area contributed by atoms with Crippen molar-refractivity contribution >= 4 is 0 Å². The molecule has 0 atom stereocenters. The van der Waals surface area contributed by atoms with E-state index in [1.54, 1.807) is 13.4 Å². The van der Waals surface area contributed by atoms with Gasteiger partial charge in [0.2, 0.25) is 0 Å². The Morgan fingerprint density at radius 2 is 2.05 bits per heavy atom. The molecule has 0 fully saturated rings. The van der Waals surface area contributed by atoms with Gasteiger partial charge in [-0.3, -0.25) is 0 Å². The molecule has 0 bridgehead atoms. The Bertz CT molecular complexity index is 524. The van der Waals surface area contributed by atoms with Crippen molar-refractivity contribution in [3.05, 3.63) is 41.8 Å². The summed E-state index contributed by atoms with van der Waals surface area (Å²) < 4.78 is 15.8. The van der Waals surface area contributed by atoms with E-state index in [2.05, 4.69) is 10.5 Å². The summed E-state index contributed by atoms with van der Waals surface area (Å²) in [6, 6.07) is 7.78. The molecule has 5 nitrogen and oxygen atoms in total. The first kappa shape index (κ1) is 14.4. The molecule has 0 amide bonds. The van der Waals surface area contributed by atoms with E-state index in [0.29, 0.717) is 6.54 Å². The summed E-state index contributed by atoms with van der Waals surface area (Å²) in [6.45, 7) is 5.38. The van der Waals surface area contributed by atoms with Crippen LogP contribution < -0.4 is 14.8 Å². The van der Waals surface area contributed by atoms with E-state index in [9.17, 15) is 0 Å². The molecular weight excluding hydrogens is 256 g/mol. The molecule has 1 N–H and O–H groups in total. The van der Waals surface area contributed by atoms with Gasteiger partial charge in [0.1, 0.15) is 6.26 Å². The number of nitrogens with one attached hydrogen (secondary N) is 1. The van der Waals surface area contributed by atoms with Crippen LogP contribution in [0.5, 0.6) is 11.5 Å². The zero-order valence-electron chi connectivity index (χ0n) is 12.1. The summed E-state index contributed by atoms with van der Waals surface area (Å²) >= 11 is 0. The fourth-order valence-electron chi connectivity index (χ4n) is 1.84. The van der Waals surface area contributed by atoms with Crippen LogP contribution in [0.2, 0.25) is 0 Å². The Morgan fingerprint density at radius 1 is 1.20 bits per heavy atom. The largest absolute Gasteiger partial charge is 0.493 e. The highest BCUT2D eigenvalue weighted by molar-refractivity contribution is 5.43. The highest BCUT2D eigenvalue weighted by Gasteiger charge is 2.07. The first-order valence-electron chi connectivity index (χ1n) is 6.62. The van der Waals surface area contributed by atoms with E-state index < -0.39 is 0 Å². The fraction of sp³-hybridized carbons (Fsp3) is 0.400. The number of benzene rings is 1. The minimum absolute atomic E-state index is 0.125. The third-order valence-corrected chi connectivity index (χ3v) is 2.72. The highest BCUT2D eigenvalue weighted by atomic mass is 16.5. The zero-order chi connectivity index (χ0) is 14.4. The lowest BCUT2D eigenvalue weighted by molar-refractivity contribution is 0.230. The summed E-state index contributed by atoms with van der Waals surface area (Å²) in [4.78, 5) is 0. The molecule has 0 aliphatic heterocycles. The Balaban J connectivity index is 1.94. The minimum atomic E-state index is 0.125. The van der Waals surface area contributed by atoms with Gasteiger partial charge >= 0.3 is 0 Å². The predicted octanol–water partition coefficient (Wildman–Crippen LogP) is 2.76. The van der Waals surface area contributed by atoms with E-state index in [1.165, 1.54) is 0 Å².